The Morgan fingerprint density at radius 2 is 1.76 bits per heavy atom. The Morgan fingerprint density at radius 3 is 2.29 bits per heavy atom. The summed E-state index contributed by atoms with van der Waals surface area (Å²) >= 11 is 0. The third-order valence-electron chi connectivity index (χ3n) is 6.02. The van der Waals surface area contributed by atoms with Crippen LogP contribution in [-0.4, -0.2) is 43.4 Å². The van der Waals surface area contributed by atoms with E-state index in [4.69, 9.17) is 9.31 Å². The topological polar surface area (TPSA) is 21.7 Å². The molecule has 21 heavy (non-hydrogen) atoms. The summed E-state index contributed by atoms with van der Waals surface area (Å²) in [5.41, 5.74) is -0.115. The molecule has 0 amide bonds. The molecule has 1 spiro atoms. The fourth-order valence-electron chi connectivity index (χ4n) is 4.01. The molecule has 0 aromatic heterocycles. The molecule has 0 aromatic rings. The summed E-state index contributed by atoms with van der Waals surface area (Å²) < 4.78 is 26.9. The highest BCUT2D eigenvalue weighted by Gasteiger charge is 2.55. The number of hydrogen-bond acceptors (Lipinski definition) is 3. The smallest absolute Gasteiger partial charge is 0.398 e. The van der Waals surface area contributed by atoms with Gasteiger partial charge in [0.25, 0.3) is 0 Å². The quantitative estimate of drug-likeness (QED) is 0.692. The van der Waals surface area contributed by atoms with Crippen LogP contribution < -0.4 is 0 Å². The molecule has 1 saturated carbocycles. The maximum Gasteiger partial charge on any atom is 0.525 e. The van der Waals surface area contributed by atoms with Crippen LogP contribution in [0.15, 0.2) is 11.3 Å². The van der Waals surface area contributed by atoms with Crippen molar-refractivity contribution in [2.75, 3.05) is 20.1 Å². The SMILES string of the molecule is CN1CCC2(CCCC2=C(F)B2OC(C)(C)C(C)(C)O2)C1. The minimum atomic E-state index is -0.828. The van der Waals surface area contributed by atoms with Crippen molar-refractivity contribution in [2.24, 2.45) is 5.41 Å². The van der Waals surface area contributed by atoms with Crippen LogP contribution in [0.4, 0.5) is 4.39 Å². The first-order valence-electron chi connectivity index (χ1n) is 8.10. The molecule has 5 heteroatoms. The van der Waals surface area contributed by atoms with E-state index in [9.17, 15) is 0 Å². The monoisotopic (exact) mass is 295 g/mol. The highest BCUT2D eigenvalue weighted by atomic mass is 19.1. The standard InChI is InChI=1S/C16H27BFNO2/c1-14(2)15(3,4)21-17(20-14)13(18)12-7-6-8-16(12)9-10-19(5)11-16/h6-11H2,1-5H3. The van der Waals surface area contributed by atoms with Crippen molar-refractivity contribution in [1.29, 1.82) is 0 Å². The minimum absolute atomic E-state index is 0.0302. The third kappa shape index (κ3) is 2.38. The summed E-state index contributed by atoms with van der Waals surface area (Å²) in [4.78, 5) is 2.31. The van der Waals surface area contributed by atoms with Gasteiger partial charge >= 0.3 is 7.12 Å². The average Bonchev–Trinajstić information content (AvgIpc) is 2.99. The van der Waals surface area contributed by atoms with Crippen LogP contribution in [0, 0.1) is 5.41 Å². The van der Waals surface area contributed by atoms with Crippen molar-refractivity contribution in [1.82, 2.24) is 4.90 Å². The molecule has 1 aliphatic carbocycles. The zero-order valence-corrected chi connectivity index (χ0v) is 14.0. The van der Waals surface area contributed by atoms with Gasteiger partial charge in [-0.1, -0.05) is 0 Å². The predicted octanol–water partition coefficient (Wildman–Crippen LogP) is 3.35. The number of rotatable bonds is 1. The van der Waals surface area contributed by atoms with E-state index in [1.807, 2.05) is 27.7 Å². The van der Waals surface area contributed by atoms with Crippen molar-refractivity contribution in [3.05, 3.63) is 11.3 Å². The Kier molecular flexibility index (Phi) is 3.55. The van der Waals surface area contributed by atoms with Gasteiger partial charge in [-0.3, -0.25) is 0 Å². The Bertz CT molecular complexity index is 461. The average molecular weight is 295 g/mol. The molecule has 2 saturated heterocycles. The van der Waals surface area contributed by atoms with Gasteiger partial charge in [0, 0.05) is 12.0 Å². The van der Waals surface area contributed by atoms with E-state index < -0.39 is 18.3 Å². The number of halogens is 1. The zero-order valence-electron chi connectivity index (χ0n) is 14.0. The van der Waals surface area contributed by atoms with Gasteiger partial charge in [0.15, 0.2) is 0 Å². The second kappa shape index (κ2) is 4.80. The van der Waals surface area contributed by atoms with Gasteiger partial charge in [-0.25, -0.2) is 4.39 Å². The van der Waals surface area contributed by atoms with Crippen LogP contribution in [0.2, 0.25) is 0 Å². The molecule has 3 rings (SSSR count). The summed E-state index contributed by atoms with van der Waals surface area (Å²) in [5.74, 6) is 0. The summed E-state index contributed by atoms with van der Waals surface area (Å²) in [5, 5.41) is 0. The molecule has 3 fully saturated rings. The fourth-order valence-corrected chi connectivity index (χ4v) is 4.01. The Balaban J connectivity index is 1.89. The summed E-state index contributed by atoms with van der Waals surface area (Å²) in [6.45, 7) is 9.91. The van der Waals surface area contributed by atoms with Crippen molar-refractivity contribution in [3.63, 3.8) is 0 Å². The van der Waals surface area contributed by atoms with Gasteiger partial charge in [-0.05, 0) is 72.5 Å². The molecular formula is C16H27BFNO2. The molecule has 0 bridgehead atoms. The Labute approximate surface area is 128 Å². The largest absolute Gasteiger partial charge is 0.525 e. The highest BCUT2D eigenvalue weighted by Crippen LogP contribution is 2.52. The van der Waals surface area contributed by atoms with Crippen LogP contribution >= 0.6 is 0 Å². The third-order valence-corrected chi connectivity index (χ3v) is 6.02. The van der Waals surface area contributed by atoms with E-state index >= 15 is 4.39 Å². The van der Waals surface area contributed by atoms with E-state index in [0.29, 0.717) is 0 Å². The van der Waals surface area contributed by atoms with Crippen LogP contribution in [0.1, 0.15) is 53.4 Å². The van der Waals surface area contributed by atoms with E-state index in [-0.39, 0.29) is 11.1 Å². The molecule has 118 valence electrons. The van der Waals surface area contributed by atoms with Crippen LogP contribution in [0.3, 0.4) is 0 Å². The van der Waals surface area contributed by atoms with Gasteiger partial charge in [-0.2, -0.15) is 0 Å². The maximum atomic E-state index is 15.1. The minimum Gasteiger partial charge on any atom is -0.398 e. The normalized spacial score (nSPS) is 37.7. The molecule has 0 N–H and O–H groups in total. The van der Waals surface area contributed by atoms with Gasteiger partial charge < -0.3 is 14.2 Å². The maximum absolute atomic E-state index is 15.1. The van der Waals surface area contributed by atoms with Crippen molar-refractivity contribution in [2.45, 2.75) is 64.6 Å². The van der Waals surface area contributed by atoms with E-state index in [1.54, 1.807) is 0 Å². The molecule has 2 aliphatic heterocycles. The van der Waals surface area contributed by atoms with E-state index in [1.165, 1.54) is 0 Å². The summed E-state index contributed by atoms with van der Waals surface area (Å²) in [6.07, 6.45) is 4.09. The Morgan fingerprint density at radius 1 is 1.14 bits per heavy atom. The lowest BCUT2D eigenvalue weighted by Crippen LogP contribution is -2.41. The fraction of sp³-hybridized carbons (Fsp3) is 0.875. The number of likely N-dealkylation sites (tertiary alicyclic amines) is 1. The second-order valence-corrected chi connectivity index (χ2v) is 8.04. The molecule has 3 nitrogen and oxygen atoms in total. The molecular weight excluding hydrogens is 268 g/mol. The van der Waals surface area contributed by atoms with E-state index in [2.05, 4.69) is 11.9 Å². The molecule has 2 heterocycles. The molecule has 1 unspecified atom stereocenters. The van der Waals surface area contributed by atoms with Gasteiger partial charge in [0.05, 0.1) is 11.2 Å². The molecule has 3 aliphatic rings. The predicted molar refractivity (Wildman–Crippen MR) is 82.6 cm³/mol. The van der Waals surface area contributed by atoms with Gasteiger partial charge in [0.2, 0.25) is 0 Å². The lowest BCUT2D eigenvalue weighted by Gasteiger charge is -2.32. The zero-order chi connectivity index (χ0) is 15.5. The molecule has 0 aromatic carbocycles. The summed E-state index contributed by atoms with van der Waals surface area (Å²) in [7, 11) is 1.29. The summed E-state index contributed by atoms with van der Waals surface area (Å²) in [6, 6.07) is 0. The Hall–Kier alpha value is -0.385. The molecule has 0 radical (unpaired) electrons. The van der Waals surface area contributed by atoms with Crippen molar-refractivity contribution >= 4 is 7.12 Å². The van der Waals surface area contributed by atoms with Crippen LogP contribution in [-0.2, 0) is 9.31 Å². The van der Waals surface area contributed by atoms with Crippen molar-refractivity contribution < 1.29 is 13.7 Å². The first-order chi connectivity index (χ1) is 9.67. The number of nitrogens with zero attached hydrogens (tertiary/aromatic N) is 1. The van der Waals surface area contributed by atoms with Crippen LogP contribution in [0.5, 0.6) is 0 Å². The number of hydrogen-bond donors (Lipinski definition) is 0. The van der Waals surface area contributed by atoms with E-state index in [0.717, 1.165) is 44.3 Å². The lowest BCUT2D eigenvalue weighted by atomic mass is 9.74. The molecule has 1 atom stereocenters. The van der Waals surface area contributed by atoms with Crippen molar-refractivity contribution in [3.8, 4) is 0 Å². The van der Waals surface area contributed by atoms with Crippen LogP contribution in [0.25, 0.3) is 0 Å². The lowest BCUT2D eigenvalue weighted by molar-refractivity contribution is 0.00578. The van der Waals surface area contributed by atoms with Gasteiger partial charge in [-0.15, -0.1) is 0 Å². The highest BCUT2D eigenvalue weighted by molar-refractivity contribution is 6.53. The first-order valence-corrected chi connectivity index (χ1v) is 8.10. The van der Waals surface area contributed by atoms with Gasteiger partial charge in [0.1, 0.15) is 5.73 Å². The second-order valence-electron chi connectivity index (χ2n) is 8.04. The first kappa shape index (κ1) is 15.5.